The predicted molar refractivity (Wildman–Crippen MR) is 69.0 cm³/mol. The molecule has 2 heterocycles. The summed E-state index contributed by atoms with van der Waals surface area (Å²) < 4.78 is 0. The highest BCUT2D eigenvalue weighted by atomic mass is 16.6. The van der Waals surface area contributed by atoms with E-state index >= 15 is 0 Å². The normalized spacial score (nSPS) is 18.9. The Labute approximate surface area is 103 Å². The van der Waals surface area contributed by atoms with Crippen LogP contribution in [0.1, 0.15) is 51.0 Å². The van der Waals surface area contributed by atoms with Crippen molar-refractivity contribution >= 4 is 5.71 Å². The molecule has 0 N–H and O–H groups in total. The second-order valence-corrected chi connectivity index (χ2v) is 4.56. The topological polar surface area (TPSA) is 34.5 Å². The summed E-state index contributed by atoms with van der Waals surface area (Å²) in [6.45, 7) is 2.23. The van der Waals surface area contributed by atoms with Gasteiger partial charge in [-0.05, 0) is 25.0 Å². The van der Waals surface area contributed by atoms with E-state index in [9.17, 15) is 0 Å². The van der Waals surface area contributed by atoms with Gasteiger partial charge in [0, 0.05) is 24.4 Å². The van der Waals surface area contributed by atoms with Crippen molar-refractivity contribution in [3.63, 3.8) is 0 Å². The molecule has 2 rings (SSSR count). The second kappa shape index (κ2) is 6.38. The van der Waals surface area contributed by atoms with E-state index in [4.69, 9.17) is 4.84 Å². The standard InChI is InChI=1S/C14H20N2O/c1-2-3-4-5-8-13-10-14(16-17-13)12-7-6-9-15-11-12/h6-7,9,11,13H,2-5,8,10H2,1H3. The molecule has 0 saturated heterocycles. The van der Waals surface area contributed by atoms with E-state index in [2.05, 4.69) is 17.1 Å². The van der Waals surface area contributed by atoms with Gasteiger partial charge in [0.25, 0.3) is 0 Å². The van der Waals surface area contributed by atoms with Gasteiger partial charge in [-0.15, -0.1) is 0 Å². The van der Waals surface area contributed by atoms with E-state index in [1.807, 2.05) is 18.3 Å². The van der Waals surface area contributed by atoms with E-state index in [0.717, 1.165) is 24.1 Å². The average molecular weight is 232 g/mol. The highest BCUT2D eigenvalue weighted by Crippen LogP contribution is 2.20. The minimum absolute atomic E-state index is 0.280. The minimum atomic E-state index is 0.280. The van der Waals surface area contributed by atoms with Crippen LogP contribution in [0.25, 0.3) is 0 Å². The van der Waals surface area contributed by atoms with Gasteiger partial charge in [0.05, 0.1) is 5.71 Å². The Morgan fingerprint density at radius 3 is 3.06 bits per heavy atom. The van der Waals surface area contributed by atoms with Crippen LogP contribution in [0.15, 0.2) is 29.7 Å². The van der Waals surface area contributed by atoms with Gasteiger partial charge >= 0.3 is 0 Å². The van der Waals surface area contributed by atoms with Gasteiger partial charge in [-0.25, -0.2) is 0 Å². The van der Waals surface area contributed by atoms with Crippen molar-refractivity contribution in [2.45, 2.75) is 51.6 Å². The monoisotopic (exact) mass is 232 g/mol. The van der Waals surface area contributed by atoms with Crippen LogP contribution in [0.4, 0.5) is 0 Å². The maximum Gasteiger partial charge on any atom is 0.133 e. The lowest BCUT2D eigenvalue weighted by atomic mass is 10.0. The van der Waals surface area contributed by atoms with Crippen LogP contribution in [0, 0.1) is 0 Å². The molecular formula is C14H20N2O. The van der Waals surface area contributed by atoms with E-state index in [0.29, 0.717) is 0 Å². The summed E-state index contributed by atoms with van der Waals surface area (Å²) in [5.41, 5.74) is 2.13. The lowest BCUT2D eigenvalue weighted by Crippen LogP contribution is -2.08. The maximum atomic E-state index is 5.46. The third-order valence-electron chi connectivity index (χ3n) is 3.11. The summed E-state index contributed by atoms with van der Waals surface area (Å²) in [6, 6.07) is 3.97. The number of rotatable bonds is 6. The zero-order chi connectivity index (χ0) is 11.9. The van der Waals surface area contributed by atoms with Crippen molar-refractivity contribution < 1.29 is 4.84 Å². The lowest BCUT2D eigenvalue weighted by Gasteiger charge is -2.06. The Morgan fingerprint density at radius 1 is 1.35 bits per heavy atom. The molecular weight excluding hydrogens is 212 g/mol. The van der Waals surface area contributed by atoms with Gasteiger partial charge in [-0.2, -0.15) is 0 Å². The zero-order valence-corrected chi connectivity index (χ0v) is 10.4. The summed E-state index contributed by atoms with van der Waals surface area (Å²) >= 11 is 0. The first-order chi connectivity index (χ1) is 8.40. The van der Waals surface area contributed by atoms with Crippen LogP contribution in [-0.4, -0.2) is 16.8 Å². The van der Waals surface area contributed by atoms with Crippen LogP contribution in [0.5, 0.6) is 0 Å². The summed E-state index contributed by atoms with van der Waals surface area (Å²) in [6.07, 6.45) is 11.1. The third kappa shape index (κ3) is 3.55. The SMILES string of the molecule is CCCCCCC1CC(c2cccnc2)=NO1. The first-order valence-electron chi connectivity index (χ1n) is 6.53. The van der Waals surface area contributed by atoms with Crippen LogP contribution in [0.2, 0.25) is 0 Å². The predicted octanol–water partition coefficient (Wildman–Crippen LogP) is 3.55. The Morgan fingerprint density at radius 2 is 2.29 bits per heavy atom. The fourth-order valence-corrected chi connectivity index (χ4v) is 2.09. The van der Waals surface area contributed by atoms with Crippen molar-refractivity contribution in [1.29, 1.82) is 0 Å². The molecule has 0 aliphatic carbocycles. The van der Waals surface area contributed by atoms with Gasteiger partial charge in [0.1, 0.15) is 6.10 Å². The summed E-state index contributed by atoms with van der Waals surface area (Å²) in [5, 5.41) is 4.16. The molecule has 1 aliphatic rings. The van der Waals surface area contributed by atoms with Gasteiger partial charge < -0.3 is 4.84 Å². The Bertz CT molecular complexity index is 362. The molecule has 1 unspecified atom stereocenters. The van der Waals surface area contributed by atoms with Gasteiger partial charge in [0.2, 0.25) is 0 Å². The number of pyridine rings is 1. The fraction of sp³-hybridized carbons (Fsp3) is 0.571. The zero-order valence-electron chi connectivity index (χ0n) is 10.4. The fourth-order valence-electron chi connectivity index (χ4n) is 2.09. The summed E-state index contributed by atoms with van der Waals surface area (Å²) in [4.78, 5) is 9.56. The van der Waals surface area contributed by atoms with E-state index in [-0.39, 0.29) is 6.10 Å². The van der Waals surface area contributed by atoms with Crippen molar-refractivity contribution in [1.82, 2.24) is 4.98 Å². The van der Waals surface area contributed by atoms with Crippen molar-refractivity contribution in [2.24, 2.45) is 5.16 Å². The smallest absolute Gasteiger partial charge is 0.133 e. The molecule has 0 amide bonds. The first kappa shape index (κ1) is 12.1. The molecule has 0 aromatic carbocycles. The van der Waals surface area contributed by atoms with Crippen LogP contribution in [-0.2, 0) is 4.84 Å². The first-order valence-corrected chi connectivity index (χ1v) is 6.53. The molecule has 1 aromatic rings. The highest BCUT2D eigenvalue weighted by molar-refractivity contribution is 6.00. The van der Waals surface area contributed by atoms with Gasteiger partial charge in [0.15, 0.2) is 0 Å². The van der Waals surface area contributed by atoms with Crippen LogP contribution < -0.4 is 0 Å². The lowest BCUT2D eigenvalue weighted by molar-refractivity contribution is 0.0770. The molecule has 3 nitrogen and oxygen atoms in total. The summed E-state index contributed by atoms with van der Waals surface area (Å²) in [7, 11) is 0. The second-order valence-electron chi connectivity index (χ2n) is 4.56. The average Bonchev–Trinajstić information content (AvgIpc) is 2.85. The molecule has 92 valence electrons. The number of oxime groups is 1. The quantitative estimate of drug-likeness (QED) is 0.703. The number of nitrogens with zero attached hydrogens (tertiary/aromatic N) is 2. The minimum Gasteiger partial charge on any atom is -0.392 e. The number of unbranched alkanes of at least 4 members (excludes halogenated alkanes) is 3. The molecule has 0 bridgehead atoms. The largest absolute Gasteiger partial charge is 0.392 e. The molecule has 17 heavy (non-hydrogen) atoms. The molecule has 0 fully saturated rings. The Hall–Kier alpha value is -1.38. The third-order valence-corrected chi connectivity index (χ3v) is 3.11. The van der Waals surface area contributed by atoms with Gasteiger partial charge in [-0.1, -0.05) is 31.3 Å². The number of aromatic nitrogens is 1. The highest BCUT2D eigenvalue weighted by Gasteiger charge is 2.21. The molecule has 3 heteroatoms. The molecule has 0 saturated carbocycles. The van der Waals surface area contributed by atoms with Crippen LogP contribution in [0.3, 0.4) is 0 Å². The Balaban J connectivity index is 1.75. The van der Waals surface area contributed by atoms with Crippen molar-refractivity contribution in [3.05, 3.63) is 30.1 Å². The molecule has 0 radical (unpaired) electrons. The molecule has 1 atom stereocenters. The van der Waals surface area contributed by atoms with Gasteiger partial charge in [-0.3, -0.25) is 4.98 Å². The van der Waals surface area contributed by atoms with Crippen molar-refractivity contribution in [3.8, 4) is 0 Å². The Kier molecular flexibility index (Phi) is 4.54. The van der Waals surface area contributed by atoms with Crippen molar-refractivity contribution in [2.75, 3.05) is 0 Å². The number of hydrogen-bond donors (Lipinski definition) is 0. The summed E-state index contributed by atoms with van der Waals surface area (Å²) in [5.74, 6) is 0. The molecule has 1 aromatic heterocycles. The maximum absolute atomic E-state index is 5.46. The van der Waals surface area contributed by atoms with Crippen LogP contribution >= 0.6 is 0 Å². The van der Waals surface area contributed by atoms with E-state index in [1.54, 1.807) is 6.20 Å². The number of hydrogen-bond acceptors (Lipinski definition) is 3. The molecule has 0 spiro atoms. The molecule has 1 aliphatic heterocycles. The van der Waals surface area contributed by atoms with E-state index in [1.165, 1.54) is 25.7 Å². The van der Waals surface area contributed by atoms with E-state index < -0.39 is 0 Å².